The van der Waals surface area contributed by atoms with Crippen molar-refractivity contribution in [1.82, 2.24) is 15.4 Å². The number of nitrogens with zero attached hydrogens (tertiary/aromatic N) is 2. The Kier molecular flexibility index (Phi) is 5.22. The number of ether oxygens (including phenoxy) is 1. The number of hydrogen-bond acceptors (Lipinski definition) is 5. The minimum atomic E-state index is -0.0863. The van der Waals surface area contributed by atoms with Gasteiger partial charge in [-0.3, -0.25) is 10.2 Å². The molecule has 1 saturated heterocycles. The van der Waals surface area contributed by atoms with Crippen LogP contribution in [0, 0.1) is 5.92 Å². The molecule has 2 heterocycles. The van der Waals surface area contributed by atoms with Crippen molar-refractivity contribution in [3.63, 3.8) is 0 Å². The van der Waals surface area contributed by atoms with Gasteiger partial charge < -0.3 is 4.74 Å². The predicted molar refractivity (Wildman–Crippen MR) is 82.3 cm³/mol. The van der Waals surface area contributed by atoms with Crippen LogP contribution in [-0.4, -0.2) is 42.2 Å². The van der Waals surface area contributed by atoms with Gasteiger partial charge in [-0.15, -0.1) is 11.3 Å². The number of hydrogen-bond donors (Lipinski definition) is 1. The van der Waals surface area contributed by atoms with Crippen LogP contribution in [0.15, 0.2) is 5.38 Å². The number of carbonyl (C=O) groups is 1. The van der Waals surface area contributed by atoms with Crippen LogP contribution in [0.5, 0.6) is 0 Å². The number of morpholine rings is 1. The first-order valence-corrected chi connectivity index (χ1v) is 8.77. The van der Waals surface area contributed by atoms with E-state index in [1.807, 2.05) is 10.4 Å². The standard InChI is InChI=1S/C15H23N3O2S/c19-14(17-18-6-8-20-9-7-18)15-16-13(11-21-15)10-12-4-2-1-3-5-12/h11-12H,1-10H2,(H,17,19). The number of thiazole rings is 1. The molecule has 21 heavy (non-hydrogen) atoms. The molecule has 0 aromatic carbocycles. The number of amides is 1. The van der Waals surface area contributed by atoms with E-state index in [-0.39, 0.29) is 5.91 Å². The summed E-state index contributed by atoms with van der Waals surface area (Å²) in [7, 11) is 0. The van der Waals surface area contributed by atoms with Crippen LogP contribution in [0.2, 0.25) is 0 Å². The Hall–Kier alpha value is -0.980. The molecule has 2 aliphatic rings. The minimum absolute atomic E-state index is 0.0863. The fourth-order valence-corrected chi connectivity index (χ4v) is 3.78. The SMILES string of the molecule is O=C(NN1CCOCC1)c1nc(CC2CCCCC2)cs1. The number of nitrogens with one attached hydrogen (secondary N) is 1. The number of aromatic nitrogens is 1. The Labute approximate surface area is 129 Å². The van der Waals surface area contributed by atoms with Gasteiger partial charge in [-0.2, -0.15) is 0 Å². The summed E-state index contributed by atoms with van der Waals surface area (Å²) in [6.07, 6.45) is 7.72. The second-order valence-corrected chi connectivity index (χ2v) is 6.75. The van der Waals surface area contributed by atoms with E-state index in [1.165, 1.54) is 43.4 Å². The van der Waals surface area contributed by atoms with E-state index in [0.29, 0.717) is 18.2 Å². The van der Waals surface area contributed by atoms with Crippen LogP contribution in [0.3, 0.4) is 0 Å². The van der Waals surface area contributed by atoms with Gasteiger partial charge >= 0.3 is 0 Å². The average molecular weight is 309 g/mol. The predicted octanol–water partition coefficient (Wildman–Crippen LogP) is 2.24. The maximum absolute atomic E-state index is 12.2. The molecule has 116 valence electrons. The van der Waals surface area contributed by atoms with E-state index in [9.17, 15) is 4.79 Å². The lowest BCUT2D eigenvalue weighted by Gasteiger charge is -2.26. The zero-order valence-electron chi connectivity index (χ0n) is 12.3. The first-order chi connectivity index (χ1) is 10.3. The van der Waals surface area contributed by atoms with Gasteiger partial charge in [-0.05, 0) is 12.3 Å². The van der Waals surface area contributed by atoms with E-state index in [4.69, 9.17) is 4.74 Å². The monoisotopic (exact) mass is 309 g/mol. The molecule has 1 saturated carbocycles. The minimum Gasteiger partial charge on any atom is -0.379 e. The molecular formula is C15H23N3O2S. The topological polar surface area (TPSA) is 54.5 Å². The van der Waals surface area contributed by atoms with Crippen LogP contribution in [0.25, 0.3) is 0 Å². The Morgan fingerprint density at radius 1 is 1.33 bits per heavy atom. The van der Waals surface area contributed by atoms with Crippen molar-refractivity contribution in [3.8, 4) is 0 Å². The normalized spacial score (nSPS) is 21.3. The van der Waals surface area contributed by atoms with E-state index in [0.717, 1.165) is 31.1 Å². The second-order valence-electron chi connectivity index (χ2n) is 5.89. The summed E-state index contributed by atoms with van der Waals surface area (Å²) in [6.45, 7) is 2.83. The third-order valence-corrected chi connectivity index (χ3v) is 5.13. The summed E-state index contributed by atoms with van der Waals surface area (Å²) >= 11 is 1.45. The molecule has 5 nitrogen and oxygen atoms in total. The van der Waals surface area contributed by atoms with Gasteiger partial charge in [0.05, 0.1) is 18.9 Å². The lowest BCUT2D eigenvalue weighted by molar-refractivity contribution is 0.0126. The molecule has 1 aromatic heterocycles. The Morgan fingerprint density at radius 2 is 2.10 bits per heavy atom. The highest BCUT2D eigenvalue weighted by atomic mass is 32.1. The van der Waals surface area contributed by atoms with Gasteiger partial charge in [0, 0.05) is 18.5 Å². The molecule has 6 heteroatoms. The lowest BCUT2D eigenvalue weighted by atomic mass is 9.86. The average Bonchev–Trinajstić information content (AvgIpc) is 2.98. The zero-order chi connectivity index (χ0) is 14.5. The molecule has 0 radical (unpaired) electrons. The second kappa shape index (κ2) is 7.33. The first-order valence-electron chi connectivity index (χ1n) is 7.89. The van der Waals surface area contributed by atoms with Crippen LogP contribution >= 0.6 is 11.3 Å². The van der Waals surface area contributed by atoms with E-state index < -0.39 is 0 Å². The highest BCUT2D eigenvalue weighted by molar-refractivity contribution is 7.11. The molecule has 1 aliphatic heterocycles. The van der Waals surface area contributed by atoms with Crippen molar-refractivity contribution in [2.45, 2.75) is 38.5 Å². The van der Waals surface area contributed by atoms with E-state index in [2.05, 4.69) is 10.4 Å². The van der Waals surface area contributed by atoms with Crippen molar-refractivity contribution < 1.29 is 9.53 Å². The van der Waals surface area contributed by atoms with Crippen LogP contribution in [0.4, 0.5) is 0 Å². The van der Waals surface area contributed by atoms with Crippen LogP contribution < -0.4 is 5.43 Å². The highest BCUT2D eigenvalue weighted by Gasteiger charge is 2.19. The molecule has 1 N–H and O–H groups in total. The summed E-state index contributed by atoms with van der Waals surface area (Å²) in [6, 6.07) is 0. The van der Waals surface area contributed by atoms with Crippen molar-refractivity contribution in [1.29, 1.82) is 0 Å². The third-order valence-electron chi connectivity index (χ3n) is 4.24. The van der Waals surface area contributed by atoms with Crippen molar-refractivity contribution in [3.05, 3.63) is 16.1 Å². The number of rotatable bonds is 4. The maximum atomic E-state index is 12.2. The van der Waals surface area contributed by atoms with E-state index >= 15 is 0 Å². The number of carbonyl (C=O) groups excluding carboxylic acids is 1. The summed E-state index contributed by atoms with van der Waals surface area (Å²) in [5, 5.41) is 4.53. The van der Waals surface area contributed by atoms with E-state index in [1.54, 1.807) is 0 Å². The molecule has 0 spiro atoms. The number of hydrazine groups is 1. The van der Waals surface area contributed by atoms with Crippen LogP contribution in [0.1, 0.15) is 47.6 Å². The summed E-state index contributed by atoms with van der Waals surface area (Å²) in [5.74, 6) is 0.674. The van der Waals surface area contributed by atoms with Gasteiger partial charge in [0.2, 0.25) is 0 Å². The van der Waals surface area contributed by atoms with Gasteiger partial charge in [-0.25, -0.2) is 9.99 Å². The van der Waals surface area contributed by atoms with Crippen molar-refractivity contribution >= 4 is 17.2 Å². The zero-order valence-corrected chi connectivity index (χ0v) is 13.2. The Balaban J connectivity index is 1.52. The summed E-state index contributed by atoms with van der Waals surface area (Å²) in [4.78, 5) is 16.7. The first kappa shape index (κ1) is 14.9. The molecule has 1 amide bonds. The van der Waals surface area contributed by atoms with Gasteiger partial charge in [0.25, 0.3) is 5.91 Å². The maximum Gasteiger partial charge on any atom is 0.294 e. The third kappa shape index (κ3) is 4.25. The molecular weight excluding hydrogens is 286 g/mol. The van der Waals surface area contributed by atoms with Crippen LogP contribution in [-0.2, 0) is 11.2 Å². The van der Waals surface area contributed by atoms with Gasteiger partial charge in [0.1, 0.15) is 0 Å². The molecule has 3 rings (SSSR count). The Bertz CT molecular complexity index is 465. The Morgan fingerprint density at radius 3 is 2.86 bits per heavy atom. The van der Waals surface area contributed by atoms with Gasteiger partial charge in [0.15, 0.2) is 5.01 Å². The molecule has 1 aliphatic carbocycles. The molecule has 0 bridgehead atoms. The van der Waals surface area contributed by atoms with Crippen molar-refractivity contribution in [2.24, 2.45) is 5.92 Å². The molecule has 2 fully saturated rings. The van der Waals surface area contributed by atoms with Crippen molar-refractivity contribution in [2.75, 3.05) is 26.3 Å². The highest BCUT2D eigenvalue weighted by Crippen LogP contribution is 2.27. The van der Waals surface area contributed by atoms with Gasteiger partial charge in [-0.1, -0.05) is 32.1 Å². The smallest absolute Gasteiger partial charge is 0.294 e. The quantitative estimate of drug-likeness (QED) is 0.927. The molecule has 0 unspecified atom stereocenters. The molecule has 0 atom stereocenters. The fraction of sp³-hybridized carbons (Fsp3) is 0.733. The molecule has 1 aromatic rings. The summed E-state index contributed by atoms with van der Waals surface area (Å²) in [5.41, 5.74) is 4.00. The largest absolute Gasteiger partial charge is 0.379 e. The lowest BCUT2D eigenvalue weighted by Crippen LogP contribution is -2.48. The summed E-state index contributed by atoms with van der Waals surface area (Å²) < 4.78 is 5.27. The fourth-order valence-electron chi connectivity index (χ4n) is 3.06.